The molecule has 0 unspecified atom stereocenters. The Balaban J connectivity index is 3.40. The fourth-order valence-electron chi connectivity index (χ4n) is 1.10. The Labute approximate surface area is 96.0 Å². The Hall–Kier alpha value is -1.19. The lowest BCUT2D eigenvalue weighted by molar-refractivity contribution is 0.101. The van der Waals surface area contributed by atoms with Gasteiger partial charge >= 0.3 is 0 Å². The van der Waals surface area contributed by atoms with E-state index < -0.39 is 10.5 Å². The summed E-state index contributed by atoms with van der Waals surface area (Å²) in [6, 6.07) is 3.98. The molecule has 1 aromatic rings. The van der Waals surface area contributed by atoms with E-state index in [-0.39, 0.29) is 16.9 Å². The highest BCUT2D eigenvalue weighted by atomic mass is 35.5. The summed E-state index contributed by atoms with van der Waals surface area (Å²) < 4.78 is 0. The molecular formula is C10H6Cl2O3. The van der Waals surface area contributed by atoms with Crippen LogP contribution in [-0.2, 0) is 0 Å². The Kier molecular flexibility index (Phi) is 3.61. The lowest BCUT2D eigenvalue weighted by Crippen LogP contribution is -2.04. The van der Waals surface area contributed by atoms with E-state index in [1.807, 2.05) is 0 Å². The smallest absolute Gasteiger partial charge is 0.253 e. The molecule has 0 bridgehead atoms. The van der Waals surface area contributed by atoms with E-state index in [1.54, 1.807) is 0 Å². The SMILES string of the molecule is CC(=O)c1ccc(C(=O)Cl)c(C(=O)Cl)c1. The molecule has 0 atom stereocenters. The molecule has 1 rings (SSSR count). The summed E-state index contributed by atoms with van der Waals surface area (Å²) in [6.07, 6.45) is 0. The minimum Gasteiger partial charge on any atom is -0.295 e. The average molecular weight is 245 g/mol. The molecule has 0 fully saturated rings. The second-order valence-corrected chi connectivity index (χ2v) is 3.55. The number of Topliss-reactive ketones (excluding diaryl/α,β-unsaturated/α-hetero) is 1. The normalized spacial score (nSPS) is 9.80. The van der Waals surface area contributed by atoms with Gasteiger partial charge < -0.3 is 0 Å². The first-order valence-electron chi connectivity index (χ1n) is 3.98. The van der Waals surface area contributed by atoms with Crippen molar-refractivity contribution in [3.8, 4) is 0 Å². The van der Waals surface area contributed by atoms with Gasteiger partial charge in [0.2, 0.25) is 0 Å². The second kappa shape index (κ2) is 4.55. The topological polar surface area (TPSA) is 51.2 Å². The second-order valence-electron chi connectivity index (χ2n) is 2.86. The molecule has 0 amide bonds. The standard InChI is InChI=1S/C10H6Cl2O3/c1-5(13)6-2-3-7(9(11)14)8(4-6)10(12)15/h2-4H,1H3. The van der Waals surface area contributed by atoms with Crippen LogP contribution < -0.4 is 0 Å². The van der Waals surface area contributed by atoms with Crippen molar-refractivity contribution in [1.82, 2.24) is 0 Å². The minimum atomic E-state index is -0.818. The molecule has 1 aromatic carbocycles. The molecule has 0 radical (unpaired) electrons. The summed E-state index contributed by atoms with van der Waals surface area (Å²) in [7, 11) is 0. The van der Waals surface area contributed by atoms with Crippen molar-refractivity contribution in [2.24, 2.45) is 0 Å². The van der Waals surface area contributed by atoms with Gasteiger partial charge in [-0.05, 0) is 42.3 Å². The van der Waals surface area contributed by atoms with Crippen LogP contribution in [0.4, 0.5) is 0 Å². The summed E-state index contributed by atoms with van der Waals surface area (Å²) >= 11 is 10.5. The van der Waals surface area contributed by atoms with E-state index in [0.29, 0.717) is 5.56 Å². The van der Waals surface area contributed by atoms with E-state index in [1.165, 1.54) is 25.1 Å². The summed E-state index contributed by atoms with van der Waals surface area (Å²) in [4.78, 5) is 32.9. The van der Waals surface area contributed by atoms with Gasteiger partial charge in [-0.3, -0.25) is 14.4 Å². The third-order valence-corrected chi connectivity index (χ3v) is 2.26. The average Bonchev–Trinajstić information content (AvgIpc) is 2.16. The van der Waals surface area contributed by atoms with Crippen molar-refractivity contribution in [3.05, 3.63) is 34.9 Å². The number of hydrogen-bond donors (Lipinski definition) is 0. The molecule has 0 N–H and O–H groups in total. The van der Waals surface area contributed by atoms with Crippen LogP contribution in [0.5, 0.6) is 0 Å². The summed E-state index contributed by atoms with van der Waals surface area (Å²) in [6.45, 7) is 1.35. The highest BCUT2D eigenvalue weighted by molar-refractivity contribution is 6.72. The van der Waals surface area contributed by atoms with Crippen molar-refractivity contribution in [2.45, 2.75) is 6.92 Å². The molecule has 3 nitrogen and oxygen atoms in total. The van der Waals surface area contributed by atoms with Gasteiger partial charge in [0.1, 0.15) is 0 Å². The Morgan fingerprint density at radius 2 is 1.53 bits per heavy atom. The van der Waals surface area contributed by atoms with Crippen LogP contribution in [0.2, 0.25) is 0 Å². The minimum absolute atomic E-state index is 0.00154. The first-order valence-corrected chi connectivity index (χ1v) is 4.73. The van der Waals surface area contributed by atoms with E-state index in [9.17, 15) is 14.4 Å². The molecule has 78 valence electrons. The zero-order valence-electron chi connectivity index (χ0n) is 7.71. The molecule has 0 spiro atoms. The van der Waals surface area contributed by atoms with Crippen LogP contribution in [0, 0.1) is 0 Å². The zero-order chi connectivity index (χ0) is 11.6. The van der Waals surface area contributed by atoms with Gasteiger partial charge in [-0.15, -0.1) is 0 Å². The molecule has 0 aliphatic carbocycles. The number of ketones is 1. The lowest BCUT2D eigenvalue weighted by atomic mass is 10.0. The number of benzene rings is 1. The number of halogens is 2. The van der Waals surface area contributed by atoms with Crippen molar-refractivity contribution >= 4 is 39.5 Å². The molecule has 0 aromatic heterocycles. The van der Waals surface area contributed by atoms with Crippen molar-refractivity contribution in [1.29, 1.82) is 0 Å². The number of carbonyl (C=O) groups excluding carboxylic acids is 3. The molecule has 0 saturated heterocycles. The largest absolute Gasteiger partial charge is 0.295 e. The first kappa shape index (κ1) is 11.9. The van der Waals surface area contributed by atoms with Crippen LogP contribution in [-0.4, -0.2) is 16.3 Å². The third-order valence-electron chi connectivity index (χ3n) is 1.85. The number of hydrogen-bond acceptors (Lipinski definition) is 3. The van der Waals surface area contributed by atoms with Gasteiger partial charge in [-0.1, -0.05) is 6.07 Å². The third kappa shape index (κ3) is 2.64. The van der Waals surface area contributed by atoms with Gasteiger partial charge in [0, 0.05) is 16.7 Å². The summed E-state index contributed by atoms with van der Waals surface area (Å²) in [5, 5.41) is -1.60. The highest BCUT2D eigenvalue weighted by Gasteiger charge is 2.15. The van der Waals surface area contributed by atoms with Gasteiger partial charge in [0.05, 0.1) is 0 Å². The summed E-state index contributed by atoms with van der Waals surface area (Å²) in [5.74, 6) is -0.220. The molecule has 15 heavy (non-hydrogen) atoms. The Bertz CT molecular complexity index is 452. The number of carbonyl (C=O) groups is 3. The van der Waals surface area contributed by atoms with Crippen LogP contribution in [0.1, 0.15) is 38.0 Å². The predicted octanol–water partition coefficient (Wildman–Crippen LogP) is 2.65. The fraction of sp³-hybridized carbons (Fsp3) is 0.100. The molecule has 0 heterocycles. The van der Waals surface area contributed by atoms with E-state index in [0.717, 1.165) is 0 Å². The van der Waals surface area contributed by atoms with Crippen molar-refractivity contribution in [3.63, 3.8) is 0 Å². The predicted molar refractivity (Wildman–Crippen MR) is 56.8 cm³/mol. The monoisotopic (exact) mass is 244 g/mol. The fourth-order valence-corrected chi connectivity index (χ4v) is 1.42. The van der Waals surface area contributed by atoms with E-state index in [4.69, 9.17) is 23.2 Å². The van der Waals surface area contributed by atoms with Crippen LogP contribution in [0.25, 0.3) is 0 Å². The lowest BCUT2D eigenvalue weighted by Gasteiger charge is -2.03. The van der Waals surface area contributed by atoms with Crippen LogP contribution >= 0.6 is 23.2 Å². The van der Waals surface area contributed by atoms with E-state index in [2.05, 4.69) is 0 Å². The van der Waals surface area contributed by atoms with Gasteiger partial charge in [-0.25, -0.2) is 0 Å². The molecular weight excluding hydrogens is 239 g/mol. The van der Waals surface area contributed by atoms with Gasteiger partial charge in [0.15, 0.2) is 5.78 Å². The molecule has 0 aliphatic rings. The maximum atomic E-state index is 11.0. The first-order chi connectivity index (χ1) is 6.93. The molecule has 0 aliphatic heterocycles. The zero-order valence-corrected chi connectivity index (χ0v) is 9.22. The Morgan fingerprint density at radius 3 is 1.93 bits per heavy atom. The van der Waals surface area contributed by atoms with Gasteiger partial charge in [0.25, 0.3) is 10.5 Å². The van der Waals surface area contributed by atoms with Crippen molar-refractivity contribution < 1.29 is 14.4 Å². The van der Waals surface area contributed by atoms with E-state index >= 15 is 0 Å². The Morgan fingerprint density at radius 1 is 1.00 bits per heavy atom. The molecule has 5 heteroatoms. The maximum Gasteiger partial charge on any atom is 0.253 e. The van der Waals surface area contributed by atoms with Gasteiger partial charge in [-0.2, -0.15) is 0 Å². The van der Waals surface area contributed by atoms with Crippen LogP contribution in [0.3, 0.4) is 0 Å². The summed E-state index contributed by atoms with van der Waals surface area (Å²) in [5.41, 5.74) is 0.256. The molecule has 0 saturated carbocycles. The van der Waals surface area contributed by atoms with Crippen molar-refractivity contribution in [2.75, 3.05) is 0 Å². The highest BCUT2D eigenvalue weighted by Crippen LogP contribution is 2.17. The van der Waals surface area contributed by atoms with Crippen LogP contribution in [0.15, 0.2) is 18.2 Å². The quantitative estimate of drug-likeness (QED) is 0.607. The number of rotatable bonds is 3. The maximum absolute atomic E-state index is 11.0.